The molecule has 0 heterocycles. The number of benzene rings is 2. The molecular weight excluding hydrogens is 417 g/mol. The van der Waals surface area contributed by atoms with Gasteiger partial charge in [-0.05, 0) is 61.4 Å². The predicted octanol–water partition coefficient (Wildman–Crippen LogP) is 6.06. The highest BCUT2D eigenvalue weighted by molar-refractivity contribution is 7.99. The fourth-order valence-electron chi connectivity index (χ4n) is 2.80. The van der Waals surface area contributed by atoms with E-state index in [0.29, 0.717) is 18.1 Å². The van der Waals surface area contributed by atoms with Crippen LogP contribution in [0, 0.1) is 12.8 Å². The van der Waals surface area contributed by atoms with Crippen molar-refractivity contribution in [2.75, 3.05) is 19.0 Å². The minimum absolute atomic E-state index is 0.241. The third kappa shape index (κ3) is 7.82. The normalized spacial score (nSPS) is 12.4. The number of carboxylic acid groups (broad SMARTS) is 1. The van der Waals surface area contributed by atoms with E-state index in [1.165, 1.54) is 12.1 Å². The highest BCUT2D eigenvalue weighted by Crippen LogP contribution is 2.31. The van der Waals surface area contributed by atoms with Crippen LogP contribution >= 0.6 is 11.8 Å². The number of carbonyl (C=O) groups is 1. The Balaban J connectivity index is 1.89. The molecule has 0 radical (unpaired) electrons. The molecule has 2 aromatic carbocycles. The Labute approximate surface area is 178 Å². The Morgan fingerprint density at radius 3 is 2.40 bits per heavy atom. The summed E-state index contributed by atoms with van der Waals surface area (Å²) >= 11 is 1.66. The van der Waals surface area contributed by atoms with Crippen LogP contribution in [0.25, 0.3) is 0 Å². The SMILES string of the molecule is CCC[C@H](COc1ccc(C(F)(F)F)cc1)CSc1ccc(OCC(=O)O)c(C)c1. The average Bonchev–Trinajstić information content (AvgIpc) is 2.69. The highest BCUT2D eigenvalue weighted by Gasteiger charge is 2.30. The molecule has 0 bridgehead atoms. The average molecular weight is 442 g/mol. The molecule has 0 aromatic heterocycles. The van der Waals surface area contributed by atoms with Gasteiger partial charge in [-0.15, -0.1) is 11.8 Å². The number of thioether (sulfide) groups is 1. The molecule has 1 atom stereocenters. The van der Waals surface area contributed by atoms with Gasteiger partial charge in [0.15, 0.2) is 6.61 Å². The monoisotopic (exact) mass is 442 g/mol. The molecule has 0 unspecified atom stereocenters. The minimum Gasteiger partial charge on any atom is -0.493 e. The molecule has 0 aliphatic carbocycles. The highest BCUT2D eigenvalue weighted by atomic mass is 32.2. The van der Waals surface area contributed by atoms with Crippen molar-refractivity contribution in [3.8, 4) is 11.5 Å². The molecule has 1 N–H and O–H groups in total. The standard InChI is InChI=1S/C22H25F3O4S/c1-3-4-16(12-28-18-7-5-17(6-8-18)22(23,24)25)14-30-19-9-10-20(15(2)11-19)29-13-21(26)27/h5-11,16H,3-4,12-14H2,1-2H3,(H,26,27)/t16-/m1/s1. The molecule has 2 aromatic rings. The van der Waals surface area contributed by atoms with Gasteiger partial charge >= 0.3 is 12.1 Å². The van der Waals surface area contributed by atoms with Gasteiger partial charge in [0.2, 0.25) is 0 Å². The summed E-state index contributed by atoms with van der Waals surface area (Å²) in [5.41, 5.74) is 0.163. The van der Waals surface area contributed by atoms with Gasteiger partial charge in [0.1, 0.15) is 11.5 Å². The fourth-order valence-corrected chi connectivity index (χ4v) is 3.92. The molecule has 164 valence electrons. The number of alkyl halides is 3. The van der Waals surface area contributed by atoms with E-state index in [9.17, 15) is 18.0 Å². The number of hydrogen-bond donors (Lipinski definition) is 1. The summed E-state index contributed by atoms with van der Waals surface area (Å²) in [5.74, 6) is 0.972. The third-order valence-electron chi connectivity index (χ3n) is 4.35. The Bertz CT molecular complexity index is 822. The van der Waals surface area contributed by atoms with Crippen LogP contribution in [0.5, 0.6) is 11.5 Å². The van der Waals surface area contributed by atoms with Crippen LogP contribution in [0.4, 0.5) is 13.2 Å². The molecule has 0 amide bonds. The largest absolute Gasteiger partial charge is 0.493 e. The van der Waals surface area contributed by atoms with Gasteiger partial charge in [-0.2, -0.15) is 13.2 Å². The van der Waals surface area contributed by atoms with E-state index in [1.54, 1.807) is 17.8 Å². The molecule has 2 rings (SSSR count). The van der Waals surface area contributed by atoms with Gasteiger partial charge < -0.3 is 14.6 Å². The van der Waals surface area contributed by atoms with Crippen molar-refractivity contribution < 1.29 is 32.5 Å². The molecule has 0 saturated carbocycles. The van der Waals surface area contributed by atoms with E-state index in [1.807, 2.05) is 19.1 Å². The molecule has 0 aliphatic rings. The predicted molar refractivity (Wildman–Crippen MR) is 110 cm³/mol. The topological polar surface area (TPSA) is 55.8 Å². The van der Waals surface area contributed by atoms with Gasteiger partial charge in [0.25, 0.3) is 0 Å². The Morgan fingerprint density at radius 1 is 1.13 bits per heavy atom. The lowest BCUT2D eigenvalue weighted by Gasteiger charge is -2.17. The molecule has 8 heteroatoms. The smallest absolute Gasteiger partial charge is 0.416 e. The van der Waals surface area contributed by atoms with Crippen molar-refractivity contribution in [3.63, 3.8) is 0 Å². The number of aliphatic carboxylic acids is 1. The van der Waals surface area contributed by atoms with E-state index in [-0.39, 0.29) is 12.5 Å². The zero-order chi connectivity index (χ0) is 22.1. The van der Waals surface area contributed by atoms with Gasteiger partial charge in [0, 0.05) is 16.6 Å². The second-order valence-electron chi connectivity index (χ2n) is 6.91. The van der Waals surface area contributed by atoms with E-state index < -0.39 is 17.7 Å². The third-order valence-corrected chi connectivity index (χ3v) is 5.57. The summed E-state index contributed by atoms with van der Waals surface area (Å²) in [6, 6.07) is 10.3. The van der Waals surface area contributed by atoms with Gasteiger partial charge in [-0.3, -0.25) is 0 Å². The minimum atomic E-state index is -4.35. The lowest BCUT2D eigenvalue weighted by molar-refractivity contribution is -0.139. The first kappa shape index (κ1) is 23.9. The van der Waals surface area contributed by atoms with Crippen molar-refractivity contribution in [2.24, 2.45) is 5.92 Å². The van der Waals surface area contributed by atoms with Gasteiger partial charge in [0.05, 0.1) is 12.2 Å². The van der Waals surface area contributed by atoms with Crippen LogP contribution in [-0.2, 0) is 11.0 Å². The van der Waals surface area contributed by atoms with Crippen molar-refractivity contribution in [3.05, 3.63) is 53.6 Å². The second kappa shape index (κ2) is 11.2. The number of carboxylic acids is 1. The van der Waals surface area contributed by atoms with Crippen molar-refractivity contribution >= 4 is 17.7 Å². The molecule has 0 saturated heterocycles. The number of rotatable bonds is 11. The molecule has 30 heavy (non-hydrogen) atoms. The Kier molecular flexibility index (Phi) is 8.89. The zero-order valence-corrected chi connectivity index (χ0v) is 17.7. The molecular formula is C22H25F3O4S. The van der Waals surface area contributed by atoms with E-state index >= 15 is 0 Å². The van der Waals surface area contributed by atoms with Crippen molar-refractivity contribution in [1.82, 2.24) is 0 Å². The summed E-state index contributed by atoms with van der Waals surface area (Å²) in [4.78, 5) is 11.7. The van der Waals surface area contributed by atoms with Crippen LogP contribution in [-0.4, -0.2) is 30.0 Å². The molecule has 4 nitrogen and oxygen atoms in total. The summed E-state index contributed by atoms with van der Waals surface area (Å²) in [6.45, 7) is 3.98. The van der Waals surface area contributed by atoms with E-state index in [2.05, 4.69) is 6.92 Å². The maximum absolute atomic E-state index is 12.6. The Hall–Kier alpha value is -2.35. The first-order valence-corrected chi connectivity index (χ1v) is 10.6. The number of halogens is 3. The summed E-state index contributed by atoms with van der Waals surface area (Å²) in [5, 5.41) is 8.71. The van der Waals surface area contributed by atoms with E-state index in [4.69, 9.17) is 14.6 Å². The maximum atomic E-state index is 12.6. The summed E-state index contributed by atoms with van der Waals surface area (Å²) < 4.78 is 48.9. The molecule has 0 spiro atoms. The Morgan fingerprint density at radius 2 is 1.83 bits per heavy atom. The molecule has 0 aliphatic heterocycles. The second-order valence-corrected chi connectivity index (χ2v) is 8.00. The van der Waals surface area contributed by atoms with Crippen LogP contribution in [0.3, 0.4) is 0 Å². The van der Waals surface area contributed by atoms with Crippen LogP contribution in [0.15, 0.2) is 47.4 Å². The first-order valence-electron chi connectivity index (χ1n) is 9.57. The van der Waals surface area contributed by atoms with Gasteiger partial charge in [-0.1, -0.05) is 13.3 Å². The lowest BCUT2D eigenvalue weighted by atomic mass is 10.1. The summed E-state index contributed by atoms with van der Waals surface area (Å²) in [7, 11) is 0. The number of aryl methyl sites for hydroxylation is 1. The lowest BCUT2D eigenvalue weighted by Crippen LogP contribution is -2.15. The molecule has 0 fully saturated rings. The summed E-state index contributed by atoms with van der Waals surface area (Å²) in [6.07, 6.45) is -2.44. The fraction of sp³-hybridized carbons (Fsp3) is 0.409. The maximum Gasteiger partial charge on any atom is 0.416 e. The van der Waals surface area contributed by atoms with Crippen LogP contribution in [0.1, 0.15) is 30.9 Å². The van der Waals surface area contributed by atoms with Crippen LogP contribution in [0.2, 0.25) is 0 Å². The van der Waals surface area contributed by atoms with Crippen molar-refractivity contribution in [2.45, 2.75) is 37.8 Å². The quantitative estimate of drug-likeness (QED) is 0.429. The zero-order valence-electron chi connectivity index (χ0n) is 16.9. The van der Waals surface area contributed by atoms with E-state index in [0.717, 1.165) is 41.2 Å². The number of hydrogen-bond acceptors (Lipinski definition) is 4. The van der Waals surface area contributed by atoms with Crippen molar-refractivity contribution in [1.29, 1.82) is 0 Å². The van der Waals surface area contributed by atoms with Gasteiger partial charge in [-0.25, -0.2) is 4.79 Å². The van der Waals surface area contributed by atoms with Crippen LogP contribution < -0.4 is 9.47 Å². The number of ether oxygens (including phenoxy) is 2. The first-order chi connectivity index (χ1) is 14.2.